The fourth-order valence-electron chi connectivity index (χ4n) is 3.54. The van der Waals surface area contributed by atoms with E-state index in [0.717, 1.165) is 27.0 Å². The van der Waals surface area contributed by atoms with E-state index in [0.29, 0.717) is 13.0 Å². The van der Waals surface area contributed by atoms with Gasteiger partial charge in [0.2, 0.25) is 5.91 Å². The van der Waals surface area contributed by atoms with Gasteiger partial charge >= 0.3 is 5.97 Å². The van der Waals surface area contributed by atoms with Crippen LogP contribution in [0.1, 0.15) is 18.2 Å². The number of rotatable bonds is 4. The Morgan fingerprint density at radius 2 is 2.07 bits per heavy atom. The van der Waals surface area contributed by atoms with Crippen LogP contribution in [0, 0.1) is 0 Å². The average Bonchev–Trinajstić information content (AvgIpc) is 3.22. The quantitative estimate of drug-likeness (QED) is 0.597. The summed E-state index contributed by atoms with van der Waals surface area (Å²) in [5.41, 5.74) is 2.53. The molecule has 1 fully saturated rings. The Labute approximate surface area is 164 Å². The number of esters is 1. The topological polar surface area (TPSA) is 64.4 Å². The Kier molecular flexibility index (Phi) is 4.70. The Morgan fingerprint density at radius 3 is 2.85 bits per heavy atom. The van der Waals surface area contributed by atoms with Gasteiger partial charge in [-0.05, 0) is 30.3 Å². The van der Waals surface area contributed by atoms with E-state index in [9.17, 15) is 9.59 Å². The van der Waals surface area contributed by atoms with Crippen molar-refractivity contribution in [1.82, 2.24) is 9.55 Å². The molecule has 1 aliphatic rings. The van der Waals surface area contributed by atoms with Crippen LogP contribution in [0.4, 0.5) is 5.69 Å². The van der Waals surface area contributed by atoms with Gasteiger partial charge in [-0.2, -0.15) is 0 Å². The van der Waals surface area contributed by atoms with Gasteiger partial charge in [0.15, 0.2) is 0 Å². The van der Waals surface area contributed by atoms with E-state index in [1.165, 1.54) is 7.11 Å². The molecule has 4 rings (SSSR count). The number of methoxy groups -OCH3 is 1. The van der Waals surface area contributed by atoms with Crippen LogP contribution in [0.5, 0.6) is 0 Å². The summed E-state index contributed by atoms with van der Waals surface area (Å²) in [6.45, 7) is 0.605. The average molecular weight is 428 g/mol. The first-order chi connectivity index (χ1) is 13.1. The molecule has 3 aromatic rings. The maximum absolute atomic E-state index is 12.7. The monoisotopic (exact) mass is 427 g/mol. The smallest absolute Gasteiger partial charge is 0.325 e. The lowest BCUT2D eigenvalue weighted by atomic mass is 10.1. The second-order valence-corrected chi connectivity index (χ2v) is 7.42. The molecule has 1 unspecified atom stereocenters. The van der Waals surface area contributed by atoms with Crippen LogP contribution in [-0.2, 0) is 20.9 Å². The number of imidazole rings is 1. The largest absolute Gasteiger partial charge is 0.468 e. The number of halogens is 1. The highest BCUT2D eigenvalue weighted by Gasteiger charge is 2.35. The van der Waals surface area contributed by atoms with E-state index in [2.05, 4.69) is 15.9 Å². The van der Waals surface area contributed by atoms with E-state index in [1.807, 2.05) is 53.1 Å². The number of carbonyl (C=O) groups is 2. The summed E-state index contributed by atoms with van der Waals surface area (Å²) in [5, 5.41) is 0. The van der Waals surface area contributed by atoms with Gasteiger partial charge in [0.05, 0.1) is 18.1 Å². The molecule has 1 aromatic heterocycles. The maximum Gasteiger partial charge on any atom is 0.325 e. The standard InChI is InChI=1S/C20H18BrN3O3/c1-27-19(26)12-24-17-8-3-2-7-16(17)22-20(24)13-9-18(25)23(11-13)15-6-4-5-14(21)10-15/h2-8,10,13H,9,11-12H2,1H3. The molecule has 0 N–H and O–H groups in total. The van der Waals surface area contributed by atoms with Crippen LogP contribution in [0.15, 0.2) is 53.0 Å². The number of amides is 1. The van der Waals surface area contributed by atoms with Crippen molar-refractivity contribution in [2.75, 3.05) is 18.6 Å². The molecule has 1 atom stereocenters. The highest BCUT2D eigenvalue weighted by Crippen LogP contribution is 2.34. The van der Waals surface area contributed by atoms with Crippen LogP contribution in [-0.4, -0.2) is 35.1 Å². The molecule has 0 spiro atoms. The predicted octanol–water partition coefficient (Wildman–Crippen LogP) is 3.49. The van der Waals surface area contributed by atoms with Gasteiger partial charge in [-0.15, -0.1) is 0 Å². The molecule has 1 saturated heterocycles. The Bertz CT molecular complexity index is 1030. The molecule has 138 valence electrons. The first kappa shape index (κ1) is 17.7. The first-order valence-corrected chi connectivity index (χ1v) is 9.44. The number of hydrogen-bond donors (Lipinski definition) is 0. The second kappa shape index (κ2) is 7.15. The number of ether oxygens (including phenoxy) is 1. The van der Waals surface area contributed by atoms with E-state index in [-0.39, 0.29) is 24.3 Å². The van der Waals surface area contributed by atoms with Crippen LogP contribution in [0.25, 0.3) is 11.0 Å². The van der Waals surface area contributed by atoms with Crippen molar-refractivity contribution in [2.45, 2.75) is 18.9 Å². The van der Waals surface area contributed by atoms with Crippen LogP contribution in [0.3, 0.4) is 0 Å². The van der Waals surface area contributed by atoms with Crippen molar-refractivity contribution in [3.8, 4) is 0 Å². The fourth-order valence-corrected chi connectivity index (χ4v) is 3.93. The SMILES string of the molecule is COC(=O)Cn1c(C2CC(=O)N(c3cccc(Br)c3)C2)nc2ccccc21. The summed E-state index contributed by atoms with van der Waals surface area (Å²) in [6, 6.07) is 15.3. The van der Waals surface area contributed by atoms with Gasteiger partial charge in [-0.25, -0.2) is 4.98 Å². The third-order valence-electron chi connectivity index (χ3n) is 4.81. The summed E-state index contributed by atoms with van der Waals surface area (Å²) in [4.78, 5) is 31.1. The zero-order chi connectivity index (χ0) is 19.0. The zero-order valence-electron chi connectivity index (χ0n) is 14.8. The molecule has 0 aliphatic carbocycles. The summed E-state index contributed by atoms with van der Waals surface area (Å²) in [5.74, 6) is 0.364. The number of carbonyl (C=O) groups excluding carboxylic acids is 2. The number of hydrogen-bond acceptors (Lipinski definition) is 4. The number of benzene rings is 2. The third kappa shape index (κ3) is 3.35. The highest BCUT2D eigenvalue weighted by molar-refractivity contribution is 9.10. The lowest BCUT2D eigenvalue weighted by Crippen LogP contribution is -2.24. The first-order valence-electron chi connectivity index (χ1n) is 8.64. The number of aromatic nitrogens is 2. The van der Waals surface area contributed by atoms with E-state index in [1.54, 1.807) is 4.90 Å². The Morgan fingerprint density at radius 1 is 1.26 bits per heavy atom. The van der Waals surface area contributed by atoms with Crippen molar-refractivity contribution >= 4 is 44.5 Å². The number of para-hydroxylation sites is 2. The van der Waals surface area contributed by atoms with Crippen molar-refractivity contribution < 1.29 is 14.3 Å². The predicted molar refractivity (Wildman–Crippen MR) is 106 cm³/mol. The molecule has 7 heteroatoms. The number of fused-ring (bicyclic) bond motifs is 1. The summed E-state index contributed by atoms with van der Waals surface area (Å²) in [7, 11) is 1.37. The van der Waals surface area contributed by atoms with Crippen molar-refractivity contribution in [3.05, 3.63) is 58.8 Å². The minimum atomic E-state index is -0.340. The van der Waals surface area contributed by atoms with Gasteiger partial charge in [-0.3, -0.25) is 9.59 Å². The molecule has 6 nitrogen and oxygen atoms in total. The van der Waals surface area contributed by atoms with Gasteiger partial charge < -0.3 is 14.2 Å². The molecule has 0 saturated carbocycles. The molecule has 27 heavy (non-hydrogen) atoms. The zero-order valence-corrected chi connectivity index (χ0v) is 16.3. The Hall–Kier alpha value is -2.67. The summed E-state index contributed by atoms with van der Waals surface area (Å²) < 4.78 is 7.63. The minimum absolute atomic E-state index is 0.0507. The van der Waals surface area contributed by atoms with Crippen molar-refractivity contribution in [2.24, 2.45) is 0 Å². The summed E-state index contributed by atoms with van der Waals surface area (Å²) >= 11 is 3.45. The van der Waals surface area contributed by atoms with E-state index >= 15 is 0 Å². The highest BCUT2D eigenvalue weighted by atomic mass is 79.9. The normalized spacial score (nSPS) is 16.9. The number of anilines is 1. The molecule has 2 aromatic carbocycles. The van der Waals surface area contributed by atoms with Crippen LogP contribution in [0.2, 0.25) is 0 Å². The van der Waals surface area contributed by atoms with Gasteiger partial charge in [0, 0.05) is 29.0 Å². The molecule has 0 radical (unpaired) electrons. The van der Waals surface area contributed by atoms with Crippen LogP contribution >= 0.6 is 15.9 Å². The van der Waals surface area contributed by atoms with E-state index < -0.39 is 0 Å². The van der Waals surface area contributed by atoms with Crippen LogP contribution < -0.4 is 4.90 Å². The Balaban J connectivity index is 1.71. The third-order valence-corrected chi connectivity index (χ3v) is 5.30. The van der Waals surface area contributed by atoms with Crippen molar-refractivity contribution in [1.29, 1.82) is 0 Å². The molecule has 0 bridgehead atoms. The van der Waals surface area contributed by atoms with Gasteiger partial charge in [-0.1, -0.05) is 34.1 Å². The van der Waals surface area contributed by atoms with Crippen molar-refractivity contribution in [3.63, 3.8) is 0 Å². The minimum Gasteiger partial charge on any atom is -0.468 e. The summed E-state index contributed by atoms with van der Waals surface area (Å²) in [6.07, 6.45) is 0.358. The second-order valence-electron chi connectivity index (χ2n) is 6.51. The number of nitrogens with zero attached hydrogens (tertiary/aromatic N) is 3. The lowest BCUT2D eigenvalue weighted by Gasteiger charge is -2.17. The van der Waals surface area contributed by atoms with Gasteiger partial charge in [0.1, 0.15) is 12.4 Å². The van der Waals surface area contributed by atoms with E-state index in [4.69, 9.17) is 9.72 Å². The molecule has 1 amide bonds. The maximum atomic E-state index is 12.7. The molecular formula is C20H18BrN3O3. The fraction of sp³-hybridized carbons (Fsp3) is 0.250. The van der Waals surface area contributed by atoms with Gasteiger partial charge in [0.25, 0.3) is 0 Å². The molecule has 2 heterocycles. The molecular weight excluding hydrogens is 410 g/mol. The molecule has 1 aliphatic heterocycles. The lowest BCUT2D eigenvalue weighted by molar-refractivity contribution is -0.141.